The molecular weight excluding hydrogens is 208 g/mol. The van der Waals surface area contributed by atoms with Crippen molar-refractivity contribution in [1.29, 1.82) is 0 Å². The molecule has 0 spiro atoms. The second kappa shape index (κ2) is 8.13. The molecule has 0 amide bonds. The van der Waals surface area contributed by atoms with Gasteiger partial charge in [0.15, 0.2) is 0 Å². The van der Waals surface area contributed by atoms with Crippen molar-refractivity contribution >= 4 is 11.9 Å². The van der Waals surface area contributed by atoms with Gasteiger partial charge in [-0.25, -0.2) is 0 Å². The highest BCUT2D eigenvalue weighted by Crippen LogP contribution is 2.20. The fourth-order valence-electron chi connectivity index (χ4n) is 1.41. The highest BCUT2D eigenvalue weighted by atomic mass is 16.5. The topological polar surface area (TPSA) is 52.6 Å². The van der Waals surface area contributed by atoms with Crippen molar-refractivity contribution in [3.05, 3.63) is 0 Å². The van der Waals surface area contributed by atoms with Gasteiger partial charge in [-0.15, -0.1) is 0 Å². The minimum Gasteiger partial charge on any atom is -0.466 e. The molecule has 0 aliphatic rings. The quantitative estimate of drug-likeness (QED) is 0.629. The average molecular weight is 230 g/mol. The largest absolute Gasteiger partial charge is 0.466 e. The second-order valence-electron chi connectivity index (χ2n) is 4.02. The minimum atomic E-state index is -0.245. The molecule has 0 unspecified atom stereocenters. The van der Waals surface area contributed by atoms with Gasteiger partial charge in [-0.2, -0.15) is 0 Å². The molecular formula is C12H22O4. The van der Waals surface area contributed by atoms with E-state index >= 15 is 0 Å². The van der Waals surface area contributed by atoms with Crippen LogP contribution in [-0.4, -0.2) is 25.2 Å². The lowest BCUT2D eigenvalue weighted by molar-refractivity contribution is -0.147. The monoisotopic (exact) mass is 230 g/mol. The van der Waals surface area contributed by atoms with E-state index in [-0.39, 0.29) is 36.6 Å². The molecule has 0 aromatic heterocycles. The van der Waals surface area contributed by atoms with Crippen LogP contribution >= 0.6 is 0 Å². The van der Waals surface area contributed by atoms with Crippen LogP contribution in [0.15, 0.2) is 0 Å². The summed E-state index contributed by atoms with van der Waals surface area (Å²) in [5.74, 6) is -0.233. The molecule has 0 heterocycles. The lowest BCUT2D eigenvalue weighted by Gasteiger charge is -2.18. The molecule has 0 aromatic rings. The first-order chi connectivity index (χ1) is 7.51. The third-order valence-electron chi connectivity index (χ3n) is 2.41. The van der Waals surface area contributed by atoms with Gasteiger partial charge in [0.05, 0.1) is 13.2 Å². The Hall–Kier alpha value is -1.06. The van der Waals surface area contributed by atoms with Crippen LogP contribution in [0.4, 0.5) is 0 Å². The molecule has 0 saturated heterocycles. The third kappa shape index (κ3) is 6.43. The predicted octanol–water partition coefficient (Wildman–Crippen LogP) is 2.17. The van der Waals surface area contributed by atoms with E-state index in [1.54, 1.807) is 13.8 Å². The summed E-state index contributed by atoms with van der Waals surface area (Å²) in [6.45, 7) is 8.28. The molecule has 94 valence electrons. The number of carbonyl (C=O) groups excluding carboxylic acids is 2. The summed E-state index contributed by atoms with van der Waals surface area (Å²) in [6, 6.07) is 0. The summed E-state index contributed by atoms with van der Waals surface area (Å²) < 4.78 is 9.75. The molecule has 0 fully saturated rings. The van der Waals surface area contributed by atoms with Gasteiger partial charge in [-0.3, -0.25) is 9.59 Å². The molecule has 0 radical (unpaired) electrons. The molecule has 0 saturated carbocycles. The number of hydrogen-bond donors (Lipinski definition) is 0. The lowest BCUT2D eigenvalue weighted by Crippen LogP contribution is -2.20. The number of carbonyl (C=O) groups is 2. The van der Waals surface area contributed by atoms with Gasteiger partial charge in [-0.1, -0.05) is 13.8 Å². The molecule has 0 aliphatic heterocycles. The zero-order chi connectivity index (χ0) is 12.6. The van der Waals surface area contributed by atoms with E-state index in [9.17, 15) is 9.59 Å². The van der Waals surface area contributed by atoms with Crippen molar-refractivity contribution in [3.8, 4) is 0 Å². The SMILES string of the molecule is CCOC(=O)CC(CC(=O)OCC)C(C)C. The molecule has 0 rings (SSSR count). The Kier molecular flexibility index (Phi) is 7.60. The van der Waals surface area contributed by atoms with E-state index in [0.29, 0.717) is 13.2 Å². The van der Waals surface area contributed by atoms with Crippen LogP contribution in [0.2, 0.25) is 0 Å². The molecule has 0 N–H and O–H groups in total. The molecule has 0 bridgehead atoms. The van der Waals surface area contributed by atoms with Gasteiger partial charge in [0, 0.05) is 12.8 Å². The first-order valence-electron chi connectivity index (χ1n) is 5.82. The maximum Gasteiger partial charge on any atom is 0.306 e. The van der Waals surface area contributed by atoms with Crippen LogP contribution in [0.1, 0.15) is 40.5 Å². The van der Waals surface area contributed by atoms with Gasteiger partial charge in [0.25, 0.3) is 0 Å². The fraction of sp³-hybridized carbons (Fsp3) is 0.833. The molecule has 16 heavy (non-hydrogen) atoms. The number of ether oxygens (including phenoxy) is 2. The summed E-state index contributed by atoms with van der Waals surface area (Å²) >= 11 is 0. The predicted molar refractivity (Wildman–Crippen MR) is 60.8 cm³/mol. The minimum absolute atomic E-state index is 0.00176. The average Bonchev–Trinajstić information content (AvgIpc) is 2.17. The van der Waals surface area contributed by atoms with Crippen molar-refractivity contribution < 1.29 is 19.1 Å². The van der Waals surface area contributed by atoms with Crippen LogP contribution in [0.3, 0.4) is 0 Å². The normalized spacial score (nSPS) is 10.6. The molecule has 0 aromatic carbocycles. The second-order valence-corrected chi connectivity index (χ2v) is 4.02. The van der Waals surface area contributed by atoms with Gasteiger partial charge in [0.2, 0.25) is 0 Å². The maximum absolute atomic E-state index is 11.3. The maximum atomic E-state index is 11.3. The summed E-state index contributed by atoms with van der Waals surface area (Å²) in [6.07, 6.45) is 0.564. The fourth-order valence-corrected chi connectivity index (χ4v) is 1.41. The van der Waals surface area contributed by atoms with Crippen molar-refractivity contribution in [2.75, 3.05) is 13.2 Å². The van der Waals surface area contributed by atoms with E-state index in [1.807, 2.05) is 13.8 Å². The van der Waals surface area contributed by atoms with Crippen LogP contribution in [0, 0.1) is 11.8 Å². The van der Waals surface area contributed by atoms with Crippen LogP contribution in [-0.2, 0) is 19.1 Å². The Morgan fingerprint density at radius 2 is 1.31 bits per heavy atom. The summed E-state index contributed by atoms with van der Waals surface area (Å²) in [7, 11) is 0. The van der Waals surface area contributed by atoms with Crippen molar-refractivity contribution in [2.24, 2.45) is 11.8 Å². The van der Waals surface area contributed by atoms with E-state index in [1.165, 1.54) is 0 Å². The smallest absolute Gasteiger partial charge is 0.306 e. The number of rotatable bonds is 7. The zero-order valence-corrected chi connectivity index (χ0v) is 10.6. The Bertz CT molecular complexity index is 203. The van der Waals surface area contributed by atoms with E-state index < -0.39 is 0 Å². The number of hydrogen-bond acceptors (Lipinski definition) is 4. The Labute approximate surface area is 97.3 Å². The molecule has 4 nitrogen and oxygen atoms in total. The van der Waals surface area contributed by atoms with E-state index in [4.69, 9.17) is 9.47 Å². The zero-order valence-electron chi connectivity index (χ0n) is 10.6. The first-order valence-corrected chi connectivity index (χ1v) is 5.82. The van der Waals surface area contributed by atoms with Crippen molar-refractivity contribution in [1.82, 2.24) is 0 Å². The van der Waals surface area contributed by atoms with E-state index in [2.05, 4.69) is 0 Å². The van der Waals surface area contributed by atoms with Gasteiger partial charge in [0.1, 0.15) is 0 Å². The van der Waals surface area contributed by atoms with Gasteiger partial charge in [-0.05, 0) is 25.7 Å². The molecule has 0 aliphatic carbocycles. The lowest BCUT2D eigenvalue weighted by atomic mass is 9.89. The van der Waals surface area contributed by atoms with Gasteiger partial charge < -0.3 is 9.47 Å². The third-order valence-corrected chi connectivity index (χ3v) is 2.41. The van der Waals surface area contributed by atoms with E-state index in [0.717, 1.165) is 0 Å². The highest BCUT2D eigenvalue weighted by molar-refractivity contribution is 5.73. The standard InChI is InChI=1S/C12H22O4/c1-5-15-11(13)7-10(9(3)4)8-12(14)16-6-2/h9-10H,5-8H2,1-4H3. The summed E-state index contributed by atoms with van der Waals surface area (Å²) in [5.41, 5.74) is 0. The highest BCUT2D eigenvalue weighted by Gasteiger charge is 2.22. The van der Waals surface area contributed by atoms with Gasteiger partial charge >= 0.3 is 11.9 Å². The van der Waals surface area contributed by atoms with Crippen molar-refractivity contribution in [2.45, 2.75) is 40.5 Å². The summed E-state index contributed by atoms with van der Waals surface area (Å²) in [5, 5.41) is 0. The van der Waals surface area contributed by atoms with Crippen LogP contribution < -0.4 is 0 Å². The van der Waals surface area contributed by atoms with Crippen molar-refractivity contribution in [3.63, 3.8) is 0 Å². The Morgan fingerprint density at radius 3 is 1.56 bits per heavy atom. The number of esters is 2. The van der Waals surface area contributed by atoms with Crippen LogP contribution in [0.25, 0.3) is 0 Å². The summed E-state index contributed by atoms with van der Waals surface area (Å²) in [4.78, 5) is 22.6. The molecule has 4 heteroatoms. The Balaban J connectivity index is 4.17. The van der Waals surface area contributed by atoms with Crippen LogP contribution in [0.5, 0.6) is 0 Å². The first kappa shape index (κ1) is 14.9. The Morgan fingerprint density at radius 1 is 0.938 bits per heavy atom. The molecule has 0 atom stereocenters.